The molecule has 0 radical (unpaired) electrons. The summed E-state index contributed by atoms with van der Waals surface area (Å²) in [5, 5.41) is 13.6. The molecule has 1 aromatic carbocycles. The Balaban J connectivity index is 1.53. The normalized spacial score (nSPS) is 13.6. The Hall–Kier alpha value is -2.81. The number of ether oxygens (including phenoxy) is 1. The minimum atomic E-state index is -0.129. The predicted octanol–water partition coefficient (Wildman–Crippen LogP) is 3.39. The Morgan fingerprint density at radius 2 is 2.03 bits per heavy atom. The fourth-order valence-electron chi connectivity index (χ4n) is 3.20. The smallest absolute Gasteiger partial charge is 0.305 e. The molecule has 2 atom stereocenters. The molecule has 0 spiro atoms. The first kappa shape index (κ1) is 19.5. The molecule has 8 heteroatoms. The zero-order valence-corrected chi connectivity index (χ0v) is 17.0. The Morgan fingerprint density at radius 1 is 1.21 bits per heavy atom. The highest BCUT2D eigenvalue weighted by Crippen LogP contribution is 2.27. The van der Waals surface area contributed by atoms with Gasteiger partial charge in [0.2, 0.25) is 0 Å². The van der Waals surface area contributed by atoms with Gasteiger partial charge in [-0.3, -0.25) is 4.79 Å². The minimum Gasteiger partial charge on any atom is -0.394 e. The maximum atomic E-state index is 11.5. The van der Waals surface area contributed by atoms with Crippen LogP contribution in [0.3, 0.4) is 0 Å². The number of nitrogens with zero attached hydrogens (tertiary/aromatic N) is 3. The van der Waals surface area contributed by atoms with E-state index in [0.717, 1.165) is 32.9 Å². The van der Waals surface area contributed by atoms with E-state index in [-0.39, 0.29) is 23.5 Å². The summed E-state index contributed by atoms with van der Waals surface area (Å²) in [4.78, 5) is 18.8. The summed E-state index contributed by atoms with van der Waals surface area (Å²) < 4.78 is 8.21. The molecule has 4 aromatic rings. The van der Waals surface area contributed by atoms with E-state index in [1.165, 1.54) is 11.3 Å². The summed E-state index contributed by atoms with van der Waals surface area (Å²) in [5.41, 5.74) is 3.85. The quantitative estimate of drug-likeness (QED) is 0.487. The molecule has 0 aliphatic heterocycles. The molecule has 0 aliphatic rings. The molecular weight excluding hydrogens is 388 g/mol. The number of pyridine rings is 1. The number of hydrogen-bond donors (Lipinski definition) is 2. The van der Waals surface area contributed by atoms with Crippen molar-refractivity contribution in [3.63, 3.8) is 0 Å². The van der Waals surface area contributed by atoms with Crippen molar-refractivity contribution in [1.82, 2.24) is 19.7 Å². The van der Waals surface area contributed by atoms with Crippen LogP contribution in [0.25, 0.3) is 16.0 Å². The molecule has 0 saturated carbocycles. The van der Waals surface area contributed by atoms with E-state index in [0.29, 0.717) is 6.61 Å². The van der Waals surface area contributed by atoms with Crippen molar-refractivity contribution >= 4 is 21.6 Å². The number of aliphatic hydroxyl groups is 1. The van der Waals surface area contributed by atoms with Crippen LogP contribution in [0.5, 0.6) is 0 Å². The number of hydrogen-bond acceptors (Lipinski definition) is 6. The van der Waals surface area contributed by atoms with Crippen LogP contribution in [-0.2, 0) is 4.74 Å². The first-order valence-corrected chi connectivity index (χ1v) is 10.2. The lowest BCUT2D eigenvalue weighted by atomic mass is 9.98. The van der Waals surface area contributed by atoms with Crippen LogP contribution in [0.15, 0.2) is 53.6 Å². The Kier molecular flexibility index (Phi) is 5.57. The van der Waals surface area contributed by atoms with Gasteiger partial charge in [0.25, 0.3) is 0 Å². The third-order valence-electron chi connectivity index (χ3n) is 4.93. The highest BCUT2D eigenvalue weighted by molar-refractivity contribution is 7.16. The zero-order valence-electron chi connectivity index (χ0n) is 16.2. The third kappa shape index (κ3) is 4.14. The second kappa shape index (κ2) is 8.28. The standard InChI is InChI=1S/C21H22N4O3S/c1-13(15-3-5-18-19(11-15)29-21(27)23-18)17-7-8-25(24-17)20-6-4-16(12-22-20)14(2)28-10-9-26/h3-8,11-14,26H,9-10H2,1-2H3,(H,23,27). The topological polar surface area (TPSA) is 93.0 Å². The molecule has 4 rings (SSSR count). The van der Waals surface area contributed by atoms with E-state index >= 15 is 0 Å². The molecule has 0 bridgehead atoms. The van der Waals surface area contributed by atoms with Crippen LogP contribution < -0.4 is 4.87 Å². The molecule has 150 valence electrons. The highest BCUT2D eigenvalue weighted by atomic mass is 32.1. The fraction of sp³-hybridized carbons (Fsp3) is 0.286. The summed E-state index contributed by atoms with van der Waals surface area (Å²) in [6.45, 7) is 4.33. The van der Waals surface area contributed by atoms with Crippen LogP contribution in [0.4, 0.5) is 0 Å². The van der Waals surface area contributed by atoms with Crippen molar-refractivity contribution < 1.29 is 9.84 Å². The summed E-state index contributed by atoms with van der Waals surface area (Å²) in [7, 11) is 0. The van der Waals surface area contributed by atoms with E-state index in [4.69, 9.17) is 9.84 Å². The van der Waals surface area contributed by atoms with Gasteiger partial charge in [-0.15, -0.1) is 0 Å². The molecule has 0 amide bonds. The molecule has 29 heavy (non-hydrogen) atoms. The summed E-state index contributed by atoms with van der Waals surface area (Å²) in [6.07, 6.45) is 3.53. The maximum absolute atomic E-state index is 11.5. The van der Waals surface area contributed by atoms with Gasteiger partial charge in [0, 0.05) is 18.3 Å². The summed E-state index contributed by atoms with van der Waals surface area (Å²) in [6, 6.07) is 11.8. The number of rotatable bonds is 7. The van der Waals surface area contributed by atoms with Gasteiger partial charge in [0.1, 0.15) is 0 Å². The SMILES string of the molecule is CC(OCCO)c1ccc(-n2ccc(C(C)c3ccc4[nH]c(=O)sc4c3)n2)nc1. The first-order chi connectivity index (χ1) is 14.0. The number of thiazole rings is 1. The zero-order chi connectivity index (χ0) is 20.4. The average Bonchev–Trinajstić information content (AvgIpc) is 3.37. The largest absolute Gasteiger partial charge is 0.394 e. The second-order valence-electron chi connectivity index (χ2n) is 6.86. The van der Waals surface area contributed by atoms with Gasteiger partial charge >= 0.3 is 4.87 Å². The maximum Gasteiger partial charge on any atom is 0.305 e. The highest BCUT2D eigenvalue weighted by Gasteiger charge is 2.14. The number of nitrogens with one attached hydrogen (secondary N) is 1. The molecule has 2 unspecified atom stereocenters. The second-order valence-corrected chi connectivity index (χ2v) is 7.88. The lowest BCUT2D eigenvalue weighted by molar-refractivity contribution is 0.0383. The van der Waals surface area contributed by atoms with Gasteiger partial charge in [-0.2, -0.15) is 5.10 Å². The summed E-state index contributed by atoms with van der Waals surface area (Å²) in [5.74, 6) is 0.810. The Morgan fingerprint density at radius 3 is 2.79 bits per heavy atom. The number of H-pyrrole nitrogens is 1. The number of benzene rings is 1. The van der Waals surface area contributed by atoms with Crippen LogP contribution in [-0.4, -0.2) is 38.1 Å². The molecule has 0 aliphatic carbocycles. The monoisotopic (exact) mass is 410 g/mol. The average molecular weight is 410 g/mol. The molecule has 7 nitrogen and oxygen atoms in total. The molecule has 2 N–H and O–H groups in total. The van der Waals surface area contributed by atoms with Crippen molar-refractivity contribution in [3.05, 3.63) is 75.3 Å². The lowest BCUT2D eigenvalue weighted by Crippen LogP contribution is -2.06. The van der Waals surface area contributed by atoms with Gasteiger partial charge in [0.15, 0.2) is 5.82 Å². The van der Waals surface area contributed by atoms with Crippen LogP contribution in [0, 0.1) is 0 Å². The van der Waals surface area contributed by atoms with Crippen LogP contribution in [0.1, 0.15) is 42.7 Å². The van der Waals surface area contributed by atoms with Crippen molar-refractivity contribution in [3.8, 4) is 5.82 Å². The minimum absolute atomic E-state index is 0.000171. The van der Waals surface area contributed by atoms with E-state index in [1.807, 2.05) is 49.5 Å². The van der Waals surface area contributed by atoms with E-state index in [1.54, 1.807) is 10.9 Å². The molecular formula is C21H22N4O3S. The Labute approximate surface area is 171 Å². The van der Waals surface area contributed by atoms with E-state index in [2.05, 4.69) is 22.0 Å². The molecule has 0 fully saturated rings. The number of aromatic amines is 1. The van der Waals surface area contributed by atoms with E-state index in [9.17, 15) is 4.79 Å². The summed E-state index contributed by atoms with van der Waals surface area (Å²) >= 11 is 1.22. The molecule has 0 saturated heterocycles. The predicted molar refractivity (Wildman–Crippen MR) is 113 cm³/mol. The van der Waals surface area contributed by atoms with Gasteiger partial charge < -0.3 is 14.8 Å². The van der Waals surface area contributed by atoms with Gasteiger partial charge in [-0.25, -0.2) is 9.67 Å². The molecule has 3 heterocycles. The van der Waals surface area contributed by atoms with Gasteiger partial charge in [-0.05, 0) is 42.3 Å². The number of aromatic nitrogens is 4. The van der Waals surface area contributed by atoms with E-state index < -0.39 is 0 Å². The van der Waals surface area contributed by atoms with Crippen molar-refractivity contribution in [1.29, 1.82) is 0 Å². The van der Waals surface area contributed by atoms with Crippen molar-refractivity contribution in [2.45, 2.75) is 25.9 Å². The number of fused-ring (bicyclic) bond motifs is 1. The van der Waals surface area contributed by atoms with Crippen molar-refractivity contribution in [2.24, 2.45) is 0 Å². The van der Waals surface area contributed by atoms with Crippen LogP contribution >= 0.6 is 11.3 Å². The number of aliphatic hydroxyl groups excluding tert-OH is 1. The van der Waals surface area contributed by atoms with Crippen molar-refractivity contribution in [2.75, 3.05) is 13.2 Å². The Bertz CT molecular complexity index is 1160. The van der Waals surface area contributed by atoms with Crippen LogP contribution in [0.2, 0.25) is 0 Å². The van der Waals surface area contributed by atoms with Gasteiger partial charge in [-0.1, -0.05) is 30.4 Å². The first-order valence-electron chi connectivity index (χ1n) is 9.42. The molecule has 3 aromatic heterocycles. The lowest BCUT2D eigenvalue weighted by Gasteiger charge is -2.12. The van der Waals surface area contributed by atoms with Gasteiger partial charge in [0.05, 0.1) is 35.2 Å². The third-order valence-corrected chi connectivity index (χ3v) is 5.78. The fourth-order valence-corrected chi connectivity index (χ4v) is 3.98.